The molecule has 1 aromatic rings. The van der Waals surface area contributed by atoms with Gasteiger partial charge in [0.1, 0.15) is 0 Å². The van der Waals surface area contributed by atoms with Crippen molar-refractivity contribution in [1.29, 1.82) is 0 Å². The topological polar surface area (TPSA) is 29.9 Å². The SMILES string of the molecule is CCc1nn(C)c(CC(C)(CNCC(C)C)C2CC2)c1Br. The molecule has 0 radical (unpaired) electrons. The van der Waals surface area contributed by atoms with E-state index in [0.29, 0.717) is 11.3 Å². The van der Waals surface area contributed by atoms with Gasteiger partial charge < -0.3 is 5.32 Å². The minimum Gasteiger partial charge on any atom is -0.316 e. The Morgan fingerprint density at radius 2 is 2.10 bits per heavy atom. The van der Waals surface area contributed by atoms with E-state index in [1.54, 1.807) is 0 Å². The molecule has 0 aliphatic heterocycles. The zero-order chi connectivity index (χ0) is 15.6. The highest BCUT2D eigenvalue weighted by atomic mass is 79.9. The molecule has 1 atom stereocenters. The van der Waals surface area contributed by atoms with Gasteiger partial charge in [-0.05, 0) is 65.4 Å². The normalized spacial score (nSPS) is 18.2. The van der Waals surface area contributed by atoms with Crippen molar-refractivity contribution in [2.24, 2.45) is 24.3 Å². The third-order valence-electron chi connectivity index (χ3n) is 4.72. The summed E-state index contributed by atoms with van der Waals surface area (Å²) in [6.45, 7) is 11.4. The predicted molar refractivity (Wildman–Crippen MR) is 92.5 cm³/mol. The van der Waals surface area contributed by atoms with Gasteiger partial charge in [-0.1, -0.05) is 27.7 Å². The molecule has 21 heavy (non-hydrogen) atoms. The minimum atomic E-state index is 0.343. The van der Waals surface area contributed by atoms with Gasteiger partial charge in [0.25, 0.3) is 0 Å². The fourth-order valence-electron chi connectivity index (χ4n) is 3.17. The summed E-state index contributed by atoms with van der Waals surface area (Å²) < 4.78 is 3.30. The molecule has 1 aromatic heterocycles. The van der Waals surface area contributed by atoms with Crippen LogP contribution in [0, 0.1) is 17.3 Å². The van der Waals surface area contributed by atoms with Crippen molar-refractivity contribution >= 4 is 15.9 Å². The van der Waals surface area contributed by atoms with E-state index < -0.39 is 0 Å². The number of aromatic nitrogens is 2. The number of rotatable bonds is 8. The summed E-state index contributed by atoms with van der Waals surface area (Å²) in [6, 6.07) is 0. The highest BCUT2D eigenvalue weighted by Gasteiger charge is 2.42. The van der Waals surface area contributed by atoms with Crippen LogP contribution < -0.4 is 5.32 Å². The highest BCUT2D eigenvalue weighted by molar-refractivity contribution is 9.10. The van der Waals surface area contributed by atoms with E-state index in [-0.39, 0.29) is 0 Å². The van der Waals surface area contributed by atoms with Crippen LogP contribution in [0.3, 0.4) is 0 Å². The van der Waals surface area contributed by atoms with Gasteiger partial charge in [0, 0.05) is 13.6 Å². The molecule has 0 saturated heterocycles. The average Bonchev–Trinajstić information content (AvgIpc) is 3.22. The van der Waals surface area contributed by atoms with Gasteiger partial charge in [0.2, 0.25) is 0 Å². The maximum atomic E-state index is 4.65. The van der Waals surface area contributed by atoms with E-state index in [4.69, 9.17) is 0 Å². The van der Waals surface area contributed by atoms with Crippen molar-refractivity contribution in [3.05, 3.63) is 15.9 Å². The van der Waals surface area contributed by atoms with E-state index in [1.807, 2.05) is 0 Å². The third-order valence-corrected chi connectivity index (χ3v) is 5.63. The lowest BCUT2D eigenvalue weighted by Crippen LogP contribution is -2.37. The first-order chi connectivity index (χ1) is 9.87. The van der Waals surface area contributed by atoms with Gasteiger partial charge in [0.05, 0.1) is 15.9 Å². The molecule has 1 unspecified atom stereocenters. The molecule has 120 valence electrons. The summed E-state index contributed by atoms with van der Waals surface area (Å²) >= 11 is 3.77. The molecule has 1 aliphatic rings. The second-order valence-electron chi connectivity index (χ2n) is 7.31. The molecule has 1 saturated carbocycles. The Balaban J connectivity index is 2.10. The smallest absolute Gasteiger partial charge is 0.0766 e. The lowest BCUT2D eigenvalue weighted by molar-refractivity contribution is 0.246. The van der Waals surface area contributed by atoms with Gasteiger partial charge >= 0.3 is 0 Å². The monoisotopic (exact) mass is 355 g/mol. The van der Waals surface area contributed by atoms with Crippen molar-refractivity contribution in [2.45, 2.75) is 53.4 Å². The summed E-state index contributed by atoms with van der Waals surface area (Å²) in [6.07, 6.45) is 4.86. The van der Waals surface area contributed by atoms with Crippen molar-refractivity contribution in [3.63, 3.8) is 0 Å². The summed E-state index contributed by atoms with van der Waals surface area (Å²) in [5.41, 5.74) is 2.88. The number of halogens is 1. The number of nitrogens with one attached hydrogen (secondary N) is 1. The molecule has 1 N–H and O–H groups in total. The Morgan fingerprint density at radius 1 is 1.43 bits per heavy atom. The van der Waals surface area contributed by atoms with Crippen molar-refractivity contribution in [1.82, 2.24) is 15.1 Å². The lowest BCUT2D eigenvalue weighted by atomic mass is 9.80. The van der Waals surface area contributed by atoms with Crippen molar-refractivity contribution in [3.8, 4) is 0 Å². The van der Waals surface area contributed by atoms with Crippen LogP contribution in [-0.4, -0.2) is 22.9 Å². The molecule has 0 amide bonds. The standard InChI is InChI=1S/C17H30BrN3/c1-6-14-16(18)15(21(5)20-14)9-17(4,13-7-8-13)11-19-10-12(2)3/h12-13,19H,6-11H2,1-5H3. The molecule has 4 heteroatoms. The van der Waals surface area contributed by atoms with Crippen LogP contribution in [-0.2, 0) is 19.9 Å². The van der Waals surface area contributed by atoms with Crippen LogP contribution in [0.2, 0.25) is 0 Å². The molecule has 1 fully saturated rings. The second-order valence-corrected chi connectivity index (χ2v) is 8.11. The van der Waals surface area contributed by atoms with Gasteiger partial charge in [0.15, 0.2) is 0 Å². The van der Waals surface area contributed by atoms with Gasteiger partial charge in [-0.25, -0.2) is 0 Å². The molecule has 0 aromatic carbocycles. The first kappa shape index (κ1) is 17.0. The maximum Gasteiger partial charge on any atom is 0.0766 e. The number of aryl methyl sites for hydroxylation is 2. The fourth-order valence-corrected chi connectivity index (χ4v) is 3.93. The van der Waals surface area contributed by atoms with Gasteiger partial charge in [-0.3, -0.25) is 4.68 Å². The second kappa shape index (κ2) is 6.82. The molecular weight excluding hydrogens is 326 g/mol. The Hall–Kier alpha value is -0.350. The minimum absolute atomic E-state index is 0.343. The van der Waals surface area contributed by atoms with E-state index in [0.717, 1.165) is 31.8 Å². The van der Waals surface area contributed by atoms with Crippen molar-refractivity contribution in [2.75, 3.05) is 13.1 Å². The number of hydrogen-bond donors (Lipinski definition) is 1. The predicted octanol–water partition coefficient (Wildman–Crippen LogP) is 3.95. The Kier molecular flexibility index (Phi) is 5.53. The molecule has 1 aliphatic carbocycles. The zero-order valence-electron chi connectivity index (χ0n) is 14.2. The summed E-state index contributed by atoms with van der Waals surface area (Å²) in [5.74, 6) is 1.58. The molecule has 1 heterocycles. The summed E-state index contributed by atoms with van der Waals surface area (Å²) in [7, 11) is 2.08. The van der Waals surface area contributed by atoms with Crippen LogP contribution in [0.4, 0.5) is 0 Å². The van der Waals surface area contributed by atoms with E-state index in [2.05, 4.69) is 65.8 Å². The number of hydrogen-bond acceptors (Lipinski definition) is 2. The fraction of sp³-hybridized carbons (Fsp3) is 0.824. The van der Waals surface area contributed by atoms with Gasteiger partial charge in [-0.15, -0.1) is 0 Å². The van der Waals surface area contributed by atoms with Crippen LogP contribution in [0.15, 0.2) is 4.47 Å². The number of nitrogens with zero attached hydrogens (tertiary/aromatic N) is 2. The summed E-state index contributed by atoms with van der Waals surface area (Å²) in [4.78, 5) is 0. The van der Waals surface area contributed by atoms with Crippen LogP contribution in [0.25, 0.3) is 0 Å². The Morgan fingerprint density at radius 3 is 2.57 bits per heavy atom. The molecule has 2 rings (SSSR count). The van der Waals surface area contributed by atoms with Crippen LogP contribution >= 0.6 is 15.9 Å². The first-order valence-electron chi connectivity index (χ1n) is 8.28. The lowest BCUT2D eigenvalue weighted by Gasteiger charge is -2.31. The highest BCUT2D eigenvalue weighted by Crippen LogP contribution is 2.47. The molecule has 0 spiro atoms. The van der Waals surface area contributed by atoms with Gasteiger partial charge in [-0.2, -0.15) is 5.10 Å². The molecule has 0 bridgehead atoms. The molecular formula is C17H30BrN3. The van der Waals surface area contributed by atoms with Crippen molar-refractivity contribution < 1.29 is 0 Å². The summed E-state index contributed by atoms with van der Waals surface area (Å²) in [5, 5.41) is 8.33. The van der Waals surface area contributed by atoms with Crippen LogP contribution in [0.1, 0.15) is 51.9 Å². The van der Waals surface area contributed by atoms with E-state index in [1.165, 1.54) is 28.7 Å². The average molecular weight is 356 g/mol. The molecule has 3 nitrogen and oxygen atoms in total. The quantitative estimate of drug-likeness (QED) is 0.764. The zero-order valence-corrected chi connectivity index (χ0v) is 15.8. The third kappa shape index (κ3) is 4.10. The van der Waals surface area contributed by atoms with Crippen LogP contribution in [0.5, 0.6) is 0 Å². The Bertz CT molecular complexity index is 477. The largest absolute Gasteiger partial charge is 0.316 e. The Labute approximate surface area is 138 Å². The first-order valence-corrected chi connectivity index (χ1v) is 9.07. The van der Waals surface area contributed by atoms with E-state index >= 15 is 0 Å². The maximum absolute atomic E-state index is 4.65. The van der Waals surface area contributed by atoms with E-state index in [9.17, 15) is 0 Å².